The van der Waals surface area contributed by atoms with Gasteiger partial charge in [0.25, 0.3) is 5.91 Å². The van der Waals surface area contributed by atoms with E-state index in [0.29, 0.717) is 17.9 Å². The summed E-state index contributed by atoms with van der Waals surface area (Å²) < 4.78 is 5.61. The number of aliphatic hydroxyl groups excluding tert-OH is 1. The molecule has 0 fully saturated rings. The number of hydrogen-bond donors (Lipinski definition) is 4. The smallest absolute Gasteiger partial charge is 0.255 e. The zero-order chi connectivity index (χ0) is 20.1. The van der Waals surface area contributed by atoms with E-state index in [4.69, 9.17) is 4.74 Å². The summed E-state index contributed by atoms with van der Waals surface area (Å²) in [6, 6.07) is 14.5. The van der Waals surface area contributed by atoms with Gasteiger partial charge in [-0.3, -0.25) is 4.79 Å². The molecule has 1 aromatic heterocycles. The van der Waals surface area contributed by atoms with Gasteiger partial charge < -0.3 is 25.5 Å². The molecule has 0 aliphatic rings. The van der Waals surface area contributed by atoms with Gasteiger partial charge in [0, 0.05) is 34.7 Å². The van der Waals surface area contributed by atoms with Crippen molar-refractivity contribution in [3.63, 3.8) is 0 Å². The standard InChI is InChI=1S/C22H27N3O3/c1-22(2,3)24-13-16(26)14-28-17-9-7-15(8-10-17)21(27)25-20-6-4-5-19-18(20)11-12-23-19/h4-12,16,23-24,26H,13-14H2,1-3H3,(H,25,27). The van der Waals surface area contributed by atoms with E-state index in [1.165, 1.54) is 0 Å². The van der Waals surface area contributed by atoms with Crippen LogP contribution < -0.4 is 15.4 Å². The molecule has 0 spiro atoms. The number of ether oxygens (including phenoxy) is 1. The van der Waals surface area contributed by atoms with Crippen molar-refractivity contribution in [2.45, 2.75) is 32.4 Å². The van der Waals surface area contributed by atoms with E-state index in [2.05, 4.69) is 15.6 Å². The summed E-state index contributed by atoms with van der Waals surface area (Å²) in [5.41, 5.74) is 2.22. The molecule has 1 amide bonds. The van der Waals surface area contributed by atoms with Gasteiger partial charge in [0.15, 0.2) is 0 Å². The quantitative estimate of drug-likeness (QED) is 0.504. The molecule has 1 atom stereocenters. The number of anilines is 1. The van der Waals surface area contributed by atoms with Crippen molar-refractivity contribution < 1.29 is 14.6 Å². The highest BCUT2D eigenvalue weighted by Gasteiger charge is 2.13. The Morgan fingerprint density at radius 1 is 1.14 bits per heavy atom. The number of amides is 1. The molecule has 0 aliphatic carbocycles. The number of H-pyrrole nitrogens is 1. The van der Waals surface area contributed by atoms with E-state index in [1.54, 1.807) is 24.3 Å². The van der Waals surface area contributed by atoms with E-state index in [0.717, 1.165) is 16.6 Å². The number of hydrogen-bond acceptors (Lipinski definition) is 4. The molecule has 0 aliphatic heterocycles. The van der Waals surface area contributed by atoms with Gasteiger partial charge in [-0.2, -0.15) is 0 Å². The first-order chi connectivity index (χ1) is 13.3. The lowest BCUT2D eigenvalue weighted by Crippen LogP contribution is -2.42. The van der Waals surface area contributed by atoms with Crippen LogP contribution in [0, 0.1) is 0 Å². The summed E-state index contributed by atoms with van der Waals surface area (Å²) in [5, 5.41) is 17.1. The van der Waals surface area contributed by atoms with Crippen LogP contribution in [0.3, 0.4) is 0 Å². The predicted molar refractivity (Wildman–Crippen MR) is 112 cm³/mol. The fourth-order valence-corrected chi connectivity index (χ4v) is 2.77. The SMILES string of the molecule is CC(C)(C)NCC(O)COc1ccc(C(=O)Nc2cccc3[nH]ccc23)cc1. The van der Waals surface area contributed by atoms with Gasteiger partial charge in [-0.15, -0.1) is 0 Å². The average molecular weight is 381 g/mol. The highest BCUT2D eigenvalue weighted by molar-refractivity contribution is 6.08. The maximum absolute atomic E-state index is 12.5. The highest BCUT2D eigenvalue weighted by atomic mass is 16.5. The van der Waals surface area contributed by atoms with Gasteiger partial charge in [-0.25, -0.2) is 0 Å². The number of aromatic nitrogens is 1. The van der Waals surface area contributed by atoms with Crippen LogP contribution in [0.5, 0.6) is 5.75 Å². The number of benzene rings is 2. The Morgan fingerprint density at radius 2 is 1.89 bits per heavy atom. The molecule has 148 valence electrons. The minimum absolute atomic E-state index is 0.0548. The highest BCUT2D eigenvalue weighted by Crippen LogP contribution is 2.23. The number of aromatic amines is 1. The van der Waals surface area contributed by atoms with Crippen LogP contribution >= 0.6 is 0 Å². The molecule has 0 saturated heterocycles. The van der Waals surface area contributed by atoms with Crippen LogP contribution in [-0.4, -0.2) is 40.8 Å². The fraction of sp³-hybridized carbons (Fsp3) is 0.318. The Labute approximate surface area is 164 Å². The molecule has 0 saturated carbocycles. The summed E-state index contributed by atoms with van der Waals surface area (Å²) >= 11 is 0. The van der Waals surface area contributed by atoms with Crippen LogP contribution in [-0.2, 0) is 0 Å². The number of carbonyl (C=O) groups excluding carboxylic acids is 1. The van der Waals surface area contributed by atoms with Crippen LogP contribution in [0.15, 0.2) is 54.7 Å². The first-order valence-electron chi connectivity index (χ1n) is 9.35. The van der Waals surface area contributed by atoms with Crippen molar-refractivity contribution in [2.24, 2.45) is 0 Å². The summed E-state index contributed by atoms with van der Waals surface area (Å²) in [4.78, 5) is 15.7. The number of β-amino-alcohol motifs (C(OH)–C–C–N with tert-alkyl or cyclic N) is 1. The van der Waals surface area contributed by atoms with E-state index in [-0.39, 0.29) is 18.1 Å². The fourth-order valence-electron chi connectivity index (χ4n) is 2.77. The van der Waals surface area contributed by atoms with E-state index < -0.39 is 6.10 Å². The van der Waals surface area contributed by atoms with E-state index in [1.807, 2.05) is 51.2 Å². The minimum Gasteiger partial charge on any atom is -0.491 e. The first kappa shape index (κ1) is 19.9. The van der Waals surface area contributed by atoms with Gasteiger partial charge in [0.2, 0.25) is 0 Å². The summed E-state index contributed by atoms with van der Waals surface area (Å²) in [6.07, 6.45) is 1.24. The van der Waals surface area contributed by atoms with Crippen molar-refractivity contribution in [1.29, 1.82) is 0 Å². The van der Waals surface area contributed by atoms with Crippen molar-refractivity contribution in [2.75, 3.05) is 18.5 Å². The third-order valence-corrected chi connectivity index (χ3v) is 4.27. The number of carbonyl (C=O) groups is 1. The molecule has 3 aromatic rings. The largest absolute Gasteiger partial charge is 0.491 e. The lowest BCUT2D eigenvalue weighted by atomic mass is 10.1. The maximum atomic E-state index is 12.5. The molecule has 6 nitrogen and oxygen atoms in total. The van der Waals surface area contributed by atoms with Crippen LogP contribution in [0.4, 0.5) is 5.69 Å². The Morgan fingerprint density at radius 3 is 2.61 bits per heavy atom. The summed E-state index contributed by atoms with van der Waals surface area (Å²) in [6.45, 7) is 6.77. The van der Waals surface area contributed by atoms with Crippen LogP contribution in [0.2, 0.25) is 0 Å². The third kappa shape index (κ3) is 5.34. The number of aliphatic hydroxyl groups is 1. The average Bonchev–Trinajstić information content (AvgIpc) is 3.14. The molecular formula is C22H27N3O3. The molecule has 6 heteroatoms. The second-order valence-corrected chi connectivity index (χ2v) is 7.82. The van der Waals surface area contributed by atoms with Gasteiger partial charge >= 0.3 is 0 Å². The molecule has 1 unspecified atom stereocenters. The zero-order valence-electron chi connectivity index (χ0n) is 16.5. The molecule has 2 aromatic carbocycles. The Bertz CT molecular complexity index is 926. The van der Waals surface area contributed by atoms with Crippen LogP contribution in [0.25, 0.3) is 10.9 Å². The molecule has 3 rings (SSSR count). The number of fused-ring (bicyclic) bond motifs is 1. The van der Waals surface area contributed by atoms with Gasteiger partial charge in [-0.1, -0.05) is 6.07 Å². The molecule has 0 bridgehead atoms. The lowest BCUT2D eigenvalue weighted by Gasteiger charge is -2.23. The molecule has 28 heavy (non-hydrogen) atoms. The van der Waals surface area contributed by atoms with Crippen LogP contribution in [0.1, 0.15) is 31.1 Å². The second-order valence-electron chi connectivity index (χ2n) is 7.82. The van der Waals surface area contributed by atoms with Gasteiger partial charge in [0.05, 0.1) is 5.69 Å². The van der Waals surface area contributed by atoms with Crippen molar-refractivity contribution in [1.82, 2.24) is 10.3 Å². The Balaban J connectivity index is 1.55. The molecular weight excluding hydrogens is 354 g/mol. The first-order valence-corrected chi connectivity index (χ1v) is 9.35. The normalized spacial score (nSPS) is 12.7. The van der Waals surface area contributed by atoms with Gasteiger partial charge in [-0.05, 0) is 63.2 Å². The third-order valence-electron chi connectivity index (χ3n) is 4.27. The number of rotatable bonds is 7. The van der Waals surface area contributed by atoms with Crippen molar-refractivity contribution in [3.8, 4) is 5.75 Å². The Kier molecular flexibility index (Phi) is 6.02. The zero-order valence-corrected chi connectivity index (χ0v) is 16.5. The predicted octanol–water partition coefficient (Wildman–Crippen LogP) is 3.55. The lowest BCUT2D eigenvalue weighted by molar-refractivity contribution is 0.0997. The minimum atomic E-state index is -0.607. The van der Waals surface area contributed by atoms with E-state index in [9.17, 15) is 9.90 Å². The monoisotopic (exact) mass is 381 g/mol. The van der Waals surface area contributed by atoms with Crippen molar-refractivity contribution in [3.05, 3.63) is 60.3 Å². The molecule has 4 N–H and O–H groups in total. The van der Waals surface area contributed by atoms with Gasteiger partial charge in [0.1, 0.15) is 18.5 Å². The summed E-state index contributed by atoms with van der Waals surface area (Å²) in [7, 11) is 0. The molecule has 1 heterocycles. The molecule has 0 radical (unpaired) electrons. The Hall–Kier alpha value is -2.83. The maximum Gasteiger partial charge on any atom is 0.255 e. The topological polar surface area (TPSA) is 86.4 Å². The summed E-state index contributed by atoms with van der Waals surface area (Å²) in [5.74, 6) is 0.425. The van der Waals surface area contributed by atoms with Crippen molar-refractivity contribution >= 4 is 22.5 Å². The second kappa shape index (κ2) is 8.46. The number of nitrogens with one attached hydrogen (secondary N) is 3. The van der Waals surface area contributed by atoms with E-state index >= 15 is 0 Å².